The molecule has 0 saturated carbocycles. The lowest BCUT2D eigenvalue weighted by molar-refractivity contribution is -0.277. The smallest absolute Gasteiger partial charge is 0.336 e. The van der Waals surface area contributed by atoms with E-state index in [1.807, 2.05) is 0 Å². The number of phenolic OH excluding ortho intramolecular Hbond substituents is 1. The predicted octanol–water partition coefficient (Wildman–Crippen LogP) is -1.32. The quantitative estimate of drug-likeness (QED) is 0.429. The van der Waals surface area contributed by atoms with Crippen LogP contribution in [-0.2, 0) is 4.74 Å². The van der Waals surface area contributed by atoms with Crippen molar-refractivity contribution in [2.24, 2.45) is 0 Å². The summed E-state index contributed by atoms with van der Waals surface area (Å²) in [4.78, 5) is 11.2. The second-order valence-electron chi connectivity index (χ2n) is 5.43. The largest absolute Gasteiger partial charge is 0.504 e. The number of aliphatic hydroxyl groups is 4. The number of ether oxygens (including phenoxy) is 2. The highest BCUT2D eigenvalue weighted by atomic mass is 16.7. The van der Waals surface area contributed by atoms with Gasteiger partial charge in [0.2, 0.25) is 6.29 Å². The van der Waals surface area contributed by atoms with Crippen molar-refractivity contribution in [2.75, 3.05) is 6.61 Å². The first-order valence-corrected chi connectivity index (χ1v) is 7.15. The van der Waals surface area contributed by atoms with Crippen molar-refractivity contribution in [3.63, 3.8) is 0 Å². The molecule has 9 heteroatoms. The van der Waals surface area contributed by atoms with Crippen LogP contribution in [0.15, 0.2) is 33.5 Å². The molecule has 1 aliphatic rings. The van der Waals surface area contributed by atoms with Crippen LogP contribution in [-0.4, -0.2) is 62.8 Å². The molecule has 3 rings (SSSR count). The number of aromatic hydroxyl groups is 1. The molecule has 130 valence electrons. The molecule has 0 radical (unpaired) electrons. The highest BCUT2D eigenvalue weighted by Crippen LogP contribution is 2.33. The summed E-state index contributed by atoms with van der Waals surface area (Å²) in [6.45, 7) is -0.598. The van der Waals surface area contributed by atoms with Crippen LogP contribution in [0.1, 0.15) is 0 Å². The Balaban J connectivity index is 1.89. The standard InChI is InChI=1S/C15H16O9/c16-5-10-12(19)13(20)14(21)15(24-10)23-9-3-6-1-2-11(18)22-8(6)4-7(9)17/h1-4,10,12-17,19-21H,5H2/t10?,12-,13+,14?,15-/m1/s1. The molecule has 1 aromatic carbocycles. The molecule has 24 heavy (non-hydrogen) atoms. The predicted molar refractivity (Wildman–Crippen MR) is 78.5 cm³/mol. The lowest BCUT2D eigenvalue weighted by atomic mass is 9.99. The number of aliphatic hydroxyl groups excluding tert-OH is 4. The molecule has 2 unspecified atom stereocenters. The van der Waals surface area contributed by atoms with Crippen LogP contribution in [0, 0.1) is 0 Å². The Kier molecular flexibility index (Phi) is 4.43. The van der Waals surface area contributed by atoms with Gasteiger partial charge in [-0.2, -0.15) is 0 Å². The normalized spacial score (nSPS) is 30.4. The summed E-state index contributed by atoms with van der Waals surface area (Å²) in [7, 11) is 0. The molecule has 0 aliphatic carbocycles. The summed E-state index contributed by atoms with van der Waals surface area (Å²) in [5.74, 6) is -0.477. The van der Waals surface area contributed by atoms with Crippen molar-refractivity contribution in [1.29, 1.82) is 0 Å². The second-order valence-corrected chi connectivity index (χ2v) is 5.43. The van der Waals surface area contributed by atoms with Gasteiger partial charge in [0.25, 0.3) is 0 Å². The van der Waals surface area contributed by atoms with Crippen molar-refractivity contribution >= 4 is 11.0 Å². The third kappa shape index (κ3) is 2.95. The van der Waals surface area contributed by atoms with Gasteiger partial charge < -0.3 is 39.4 Å². The third-order valence-electron chi connectivity index (χ3n) is 3.79. The van der Waals surface area contributed by atoms with Crippen molar-refractivity contribution in [1.82, 2.24) is 0 Å². The fraction of sp³-hybridized carbons (Fsp3) is 0.400. The maximum Gasteiger partial charge on any atom is 0.336 e. The van der Waals surface area contributed by atoms with Crippen molar-refractivity contribution in [3.8, 4) is 11.5 Å². The first kappa shape index (κ1) is 16.7. The van der Waals surface area contributed by atoms with Gasteiger partial charge in [-0.25, -0.2) is 4.79 Å². The van der Waals surface area contributed by atoms with Crippen molar-refractivity contribution in [2.45, 2.75) is 30.7 Å². The van der Waals surface area contributed by atoms with Gasteiger partial charge in [0.1, 0.15) is 30.0 Å². The van der Waals surface area contributed by atoms with E-state index in [4.69, 9.17) is 19.0 Å². The maximum absolute atomic E-state index is 11.2. The van der Waals surface area contributed by atoms with Gasteiger partial charge in [-0.3, -0.25) is 0 Å². The summed E-state index contributed by atoms with van der Waals surface area (Å²) < 4.78 is 15.5. The van der Waals surface area contributed by atoms with Gasteiger partial charge in [0, 0.05) is 17.5 Å². The van der Waals surface area contributed by atoms with Crippen LogP contribution in [0.5, 0.6) is 11.5 Å². The Hall–Kier alpha value is -2.17. The summed E-state index contributed by atoms with van der Waals surface area (Å²) in [5, 5.41) is 49.0. The summed E-state index contributed by atoms with van der Waals surface area (Å²) in [6.07, 6.45) is -7.27. The molecule has 5 atom stereocenters. The number of hydrogen-bond acceptors (Lipinski definition) is 9. The molecule has 1 aliphatic heterocycles. The molecule has 1 aromatic heterocycles. The van der Waals surface area contributed by atoms with Crippen LogP contribution in [0.25, 0.3) is 11.0 Å². The summed E-state index contributed by atoms with van der Waals surface area (Å²) in [6, 6.07) is 5.17. The maximum atomic E-state index is 11.2. The molecule has 2 heterocycles. The van der Waals surface area contributed by atoms with E-state index in [1.165, 1.54) is 18.2 Å². The summed E-state index contributed by atoms with van der Waals surface area (Å²) in [5.41, 5.74) is -0.439. The minimum atomic E-state index is -1.60. The molecule has 0 bridgehead atoms. The second kappa shape index (κ2) is 6.38. The average Bonchev–Trinajstić information content (AvgIpc) is 2.56. The fourth-order valence-corrected chi connectivity index (χ4v) is 2.47. The molecule has 0 amide bonds. The molecule has 1 fully saturated rings. The van der Waals surface area contributed by atoms with Gasteiger partial charge in [0.15, 0.2) is 11.5 Å². The van der Waals surface area contributed by atoms with E-state index < -0.39 is 42.9 Å². The van der Waals surface area contributed by atoms with Crippen LogP contribution >= 0.6 is 0 Å². The molecular formula is C15H16O9. The average molecular weight is 340 g/mol. The lowest BCUT2D eigenvalue weighted by Crippen LogP contribution is -2.60. The number of phenols is 1. The SMILES string of the molecule is O=c1ccc2cc(O[C@@H]3OC(CO)[C@@H](O)[C@H](O)C3O)c(O)cc2o1. The van der Waals surface area contributed by atoms with Crippen molar-refractivity contribution in [3.05, 3.63) is 34.7 Å². The van der Waals surface area contributed by atoms with E-state index in [-0.39, 0.29) is 17.1 Å². The minimum absolute atomic E-state index is 0.0966. The van der Waals surface area contributed by atoms with Gasteiger partial charge in [0.05, 0.1) is 6.61 Å². The van der Waals surface area contributed by atoms with E-state index >= 15 is 0 Å². The number of rotatable bonds is 3. The first-order valence-electron chi connectivity index (χ1n) is 7.15. The third-order valence-corrected chi connectivity index (χ3v) is 3.79. The minimum Gasteiger partial charge on any atom is -0.504 e. The van der Waals surface area contributed by atoms with Crippen LogP contribution in [0.4, 0.5) is 0 Å². The topological polar surface area (TPSA) is 150 Å². The highest BCUT2D eigenvalue weighted by molar-refractivity contribution is 5.80. The van der Waals surface area contributed by atoms with Crippen LogP contribution in [0.2, 0.25) is 0 Å². The first-order chi connectivity index (χ1) is 11.4. The highest BCUT2D eigenvalue weighted by Gasteiger charge is 2.44. The number of benzene rings is 1. The van der Waals surface area contributed by atoms with E-state index in [0.717, 1.165) is 6.07 Å². The van der Waals surface area contributed by atoms with Gasteiger partial charge in [-0.1, -0.05) is 0 Å². The van der Waals surface area contributed by atoms with E-state index in [9.17, 15) is 25.2 Å². The zero-order valence-electron chi connectivity index (χ0n) is 12.3. The Morgan fingerprint density at radius 2 is 1.83 bits per heavy atom. The van der Waals surface area contributed by atoms with Gasteiger partial charge >= 0.3 is 5.63 Å². The molecule has 9 nitrogen and oxygen atoms in total. The Morgan fingerprint density at radius 1 is 1.08 bits per heavy atom. The zero-order valence-corrected chi connectivity index (χ0v) is 12.3. The molecular weight excluding hydrogens is 324 g/mol. The van der Waals surface area contributed by atoms with Gasteiger partial charge in [-0.15, -0.1) is 0 Å². The molecule has 5 N–H and O–H groups in total. The number of fused-ring (bicyclic) bond motifs is 1. The van der Waals surface area contributed by atoms with E-state index in [1.54, 1.807) is 0 Å². The lowest BCUT2D eigenvalue weighted by Gasteiger charge is -2.39. The summed E-state index contributed by atoms with van der Waals surface area (Å²) >= 11 is 0. The van der Waals surface area contributed by atoms with Crippen molar-refractivity contribution < 1.29 is 39.4 Å². The van der Waals surface area contributed by atoms with Crippen LogP contribution in [0.3, 0.4) is 0 Å². The monoisotopic (exact) mass is 340 g/mol. The molecule has 1 saturated heterocycles. The van der Waals surface area contributed by atoms with E-state index in [2.05, 4.69) is 0 Å². The molecule has 2 aromatic rings. The van der Waals surface area contributed by atoms with Gasteiger partial charge in [-0.05, 0) is 12.1 Å². The number of hydrogen-bond donors (Lipinski definition) is 5. The fourth-order valence-electron chi connectivity index (χ4n) is 2.47. The van der Waals surface area contributed by atoms with Crippen LogP contribution < -0.4 is 10.4 Å². The van der Waals surface area contributed by atoms with E-state index in [0.29, 0.717) is 5.39 Å². The molecule has 0 spiro atoms. The Bertz CT molecular complexity index is 784. The zero-order chi connectivity index (χ0) is 17.4. The Labute approximate surface area is 134 Å². The Morgan fingerprint density at radius 3 is 2.54 bits per heavy atom.